The lowest BCUT2D eigenvalue weighted by Gasteiger charge is -2.16. The van der Waals surface area contributed by atoms with Crippen LogP contribution >= 0.6 is 0 Å². The molecule has 2 heterocycles. The van der Waals surface area contributed by atoms with Crippen LogP contribution < -0.4 is 4.74 Å². The van der Waals surface area contributed by atoms with E-state index < -0.39 is 6.36 Å². The summed E-state index contributed by atoms with van der Waals surface area (Å²) in [5.41, 5.74) is 2.14. The highest BCUT2D eigenvalue weighted by molar-refractivity contribution is 5.75. The summed E-state index contributed by atoms with van der Waals surface area (Å²) in [5.74, 6) is 0.462. The SMILES string of the molecule is Fc1ccc2nc(C3CCN(Cc4cccc(OC(F)(F)F)c4)C3)[nH]c2c1. The number of rotatable bonds is 4. The first-order chi connectivity index (χ1) is 12.9. The Morgan fingerprint density at radius 3 is 2.85 bits per heavy atom. The number of imidazole rings is 1. The van der Waals surface area contributed by atoms with Gasteiger partial charge >= 0.3 is 6.36 Å². The Kier molecular flexibility index (Phi) is 4.51. The maximum absolute atomic E-state index is 13.3. The molecule has 142 valence electrons. The number of hydrogen-bond acceptors (Lipinski definition) is 3. The lowest BCUT2D eigenvalue weighted by Crippen LogP contribution is -2.20. The third-order valence-corrected chi connectivity index (χ3v) is 4.66. The summed E-state index contributed by atoms with van der Waals surface area (Å²) >= 11 is 0. The molecular formula is C19H17F4N3O. The molecule has 27 heavy (non-hydrogen) atoms. The minimum atomic E-state index is -4.70. The minimum absolute atomic E-state index is 0.176. The second kappa shape index (κ2) is 6.84. The molecule has 1 fully saturated rings. The van der Waals surface area contributed by atoms with E-state index in [1.54, 1.807) is 18.2 Å². The topological polar surface area (TPSA) is 41.2 Å². The van der Waals surface area contributed by atoms with Crippen molar-refractivity contribution in [1.29, 1.82) is 0 Å². The number of fused-ring (bicyclic) bond motifs is 1. The number of aromatic nitrogens is 2. The highest BCUT2D eigenvalue weighted by atomic mass is 19.4. The zero-order valence-corrected chi connectivity index (χ0v) is 14.3. The highest BCUT2D eigenvalue weighted by Gasteiger charge is 2.31. The van der Waals surface area contributed by atoms with Gasteiger partial charge in [0, 0.05) is 19.0 Å². The highest BCUT2D eigenvalue weighted by Crippen LogP contribution is 2.29. The smallest absolute Gasteiger partial charge is 0.406 e. The van der Waals surface area contributed by atoms with Crippen LogP contribution in [0, 0.1) is 5.82 Å². The van der Waals surface area contributed by atoms with Crippen molar-refractivity contribution in [1.82, 2.24) is 14.9 Å². The van der Waals surface area contributed by atoms with Gasteiger partial charge < -0.3 is 9.72 Å². The van der Waals surface area contributed by atoms with Crippen LogP contribution in [0.2, 0.25) is 0 Å². The van der Waals surface area contributed by atoms with Gasteiger partial charge in [-0.1, -0.05) is 12.1 Å². The van der Waals surface area contributed by atoms with E-state index >= 15 is 0 Å². The van der Waals surface area contributed by atoms with E-state index in [4.69, 9.17) is 0 Å². The Morgan fingerprint density at radius 1 is 1.19 bits per heavy atom. The number of aromatic amines is 1. The molecule has 8 heteroatoms. The summed E-state index contributed by atoms with van der Waals surface area (Å²) < 4.78 is 54.4. The second-order valence-electron chi connectivity index (χ2n) is 6.70. The molecule has 1 aliphatic heterocycles. The van der Waals surface area contributed by atoms with Crippen molar-refractivity contribution in [3.05, 3.63) is 59.7 Å². The first kappa shape index (κ1) is 17.8. The van der Waals surface area contributed by atoms with Gasteiger partial charge in [0.25, 0.3) is 0 Å². The fourth-order valence-electron chi connectivity index (χ4n) is 3.49. The first-order valence-corrected chi connectivity index (χ1v) is 8.58. The van der Waals surface area contributed by atoms with Crippen molar-refractivity contribution in [2.24, 2.45) is 0 Å². The molecule has 4 rings (SSSR count). The van der Waals surface area contributed by atoms with Crippen molar-refractivity contribution in [3.8, 4) is 5.75 Å². The summed E-state index contributed by atoms with van der Waals surface area (Å²) in [6, 6.07) is 10.5. The van der Waals surface area contributed by atoms with Gasteiger partial charge in [0.05, 0.1) is 11.0 Å². The number of halogens is 4. The molecule has 1 N–H and O–H groups in total. The number of nitrogens with one attached hydrogen (secondary N) is 1. The van der Waals surface area contributed by atoms with Crippen LogP contribution in [-0.4, -0.2) is 34.3 Å². The summed E-state index contributed by atoms with van der Waals surface area (Å²) in [6.07, 6.45) is -3.82. The van der Waals surface area contributed by atoms with Crippen LogP contribution in [0.5, 0.6) is 5.75 Å². The molecular weight excluding hydrogens is 362 g/mol. The van der Waals surface area contributed by atoms with E-state index in [2.05, 4.69) is 19.6 Å². The predicted octanol–water partition coefficient (Wildman–Crippen LogP) is 4.59. The lowest BCUT2D eigenvalue weighted by molar-refractivity contribution is -0.274. The molecule has 1 atom stereocenters. The van der Waals surface area contributed by atoms with Gasteiger partial charge in [-0.15, -0.1) is 13.2 Å². The van der Waals surface area contributed by atoms with Crippen molar-refractivity contribution in [2.45, 2.75) is 25.2 Å². The number of likely N-dealkylation sites (tertiary alicyclic amines) is 1. The molecule has 1 saturated heterocycles. The zero-order chi connectivity index (χ0) is 19.0. The summed E-state index contributed by atoms with van der Waals surface area (Å²) in [6.45, 7) is 2.06. The fourth-order valence-corrected chi connectivity index (χ4v) is 3.49. The maximum atomic E-state index is 13.3. The Hall–Kier alpha value is -2.61. The number of benzene rings is 2. The van der Waals surface area contributed by atoms with Crippen molar-refractivity contribution < 1.29 is 22.3 Å². The van der Waals surface area contributed by atoms with Crippen LogP contribution in [0.3, 0.4) is 0 Å². The van der Waals surface area contributed by atoms with Gasteiger partial charge in [-0.3, -0.25) is 4.90 Å². The molecule has 0 spiro atoms. The van der Waals surface area contributed by atoms with Gasteiger partial charge in [0.2, 0.25) is 0 Å². The molecule has 1 aliphatic rings. The number of H-pyrrole nitrogens is 1. The molecule has 0 saturated carbocycles. The second-order valence-corrected chi connectivity index (χ2v) is 6.70. The normalized spacial score (nSPS) is 18.3. The summed E-state index contributed by atoms with van der Waals surface area (Å²) in [7, 11) is 0. The quantitative estimate of drug-likeness (QED) is 0.674. The Bertz CT molecular complexity index is 954. The van der Waals surface area contributed by atoms with Crippen molar-refractivity contribution in [3.63, 3.8) is 0 Å². The molecule has 2 aromatic carbocycles. The van der Waals surface area contributed by atoms with E-state index in [1.807, 2.05) is 0 Å². The van der Waals surface area contributed by atoms with Crippen molar-refractivity contribution in [2.75, 3.05) is 13.1 Å². The average molecular weight is 379 g/mol. The summed E-state index contributed by atoms with van der Waals surface area (Å²) in [5, 5.41) is 0. The molecule has 0 radical (unpaired) electrons. The predicted molar refractivity (Wildman–Crippen MR) is 91.8 cm³/mol. The molecule has 0 bridgehead atoms. The standard InChI is InChI=1S/C19H17F4N3O/c20-14-4-5-16-17(9-14)25-18(24-16)13-6-7-26(11-13)10-12-2-1-3-15(8-12)27-19(21,22)23/h1-5,8-9,13H,6-7,10-11H2,(H,24,25). The van der Waals surface area contributed by atoms with E-state index in [-0.39, 0.29) is 17.5 Å². The van der Waals surface area contributed by atoms with E-state index in [1.165, 1.54) is 24.3 Å². The van der Waals surface area contributed by atoms with E-state index in [0.29, 0.717) is 12.1 Å². The van der Waals surface area contributed by atoms with Gasteiger partial charge in [0.1, 0.15) is 17.4 Å². The zero-order valence-electron chi connectivity index (χ0n) is 14.3. The molecule has 0 amide bonds. The number of hydrogen-bond donors (Lipinski definition) is 1. The monoisotopic (exact) mass is 379 g/mol. The average Bonchev–Trinajstić information content (AvgIpc) is 3.19. The lowest BCUT2D eigenvalue weighted by atomic mass is 10.1. The van der Waals surface area contributed by atoms with Crippen LogP contribution in [0.25, 0.3) is 11.0 Å². The van der Waals surface area contributed by atoms with E-state index in [9.17, 15) is 17.6 Å². The van der Waals surface area contributed by atoms with Gasteiger partial charge in [-0.05, 0) is 48.9 Å². The Balaban J connectivity index is 1.43. The van der Waals surface area contributed by atoms with Gasteiger partial charge in [-0.25, -0.2) is 9.37 Å². The molecule has 3 aromatic rings. The van der Waals surface area contributed by atoms with Crippen LogP contribution in [-0.2, 0) is 6.54 Å². The molecule has 1 aromatic heterocycles. The first-order valence-electron chi connectivity index (χ1n) is 8.58. The summed E-state index contributed by atoms with van der Waals surface area (Å²) in [4.78, 5) is 9.87. The fraction of sp³-hybridized carbons (Fsp3) is 0.316. The number of nitrogens with zero attached hydrogens (tertiary/aromatic N) is 2. The molecule has 1 unspecified atom stereocenters. The van der Waals surface area contributed by atoms with Gasteiger partial charge in [0.15, 0.2) is 0 Å². The number of alkyl halides is 3. The molecule has 0 aliphatic carbocycles. The number of ether oxygens (including phenoxy) is 1. The van der Waals surface area contributed by atoms with Crippen LogP contribution in [0.15, 0.2) is 42.5 Å². The third-order valence-electron chi connectivity index (χ3n) is 4.66. The van der Waals surface area contributed by atoms with Crippen LogP contribution in [0.1, 0.15) is 23.7 Å². The van der Waals surface area contributed by atoms with Crippen molar-refractivity contribution >= 4 is 11.0 Å². The Morgan fingerprint density at radius 2 is 2.04 bits per heavy atom. The third kappa shape index (κ3) is 4.21. The molecule has 4 nitrogen and oxygen atoms in total. The van der Waals surface area contributed by atoms with E-state index in [0.717, 1.165) is 36.4 Å². The minimum Gasteiger partial charge on any atom is -0.406 e. The Labute approximate surface area is 152 Å². The van der Waals surface area contributed by atoms with Crippen LogP contribution in [0.4, 0.5) is 17.6 Å². The largest absolute Gasteiger partial charge is 0.573 e. The maximum Gasteiger partial charge on any atom is 0.573 e. The van der Waals surface area contributed by atoms with Gasteiger partial charge in [-0.2, -0.15) is 0 Å².